The van der Waals surface area contributed by atoms with Gasteiger partial charge >= 0.3 is 11.9 Å². The first-order valence-corrected chi connectivity index (χ1v) is 15.7. The minimum Gasteiger partial charge on any atom is -0.492 e. The Morgan fingerprint density at radius 1 is 0.682 bits per heavy atom. The molecule has 44 heavy (non-hydrogen) atoms. The zero-order valence-electron chi connectivity index (χ0n) is 27.4. The van der Waals surface area contributed by atoms with Gasteiger partial charge in [0.15, 0.2) is 0 Å². The van der Waals surface area contributed by atoms with Crippen LogP contribution < -0.4 is 14.2 Å². The lowest BCUT2D eigenvalue weighted by molar-refractivity contribution is -0.143. The highest BCUT2D eigenvalue weighted by Gasteiger charge is 2.25. The monoisotopic (exact) mass is 597 g/mol. The van der Waals surface area contributed by atoms with Crippen LogP contribution in [0.4, 0.5) is 0 Å². The summed E-state index contributed by atoms with van der Waals surface area (Å²) < 4.78 is 17.5. The number of allylic oxidation sites excluding steroid dienone is 1. The molecule has 1 aliphatic rings. The van der Waals surface area contributed by atoms with E-state index in [1.54, 1.807) is 0 Å². The normalized spacial score (nSPS) is 13.8. The predicted octanol–water partition coefficient (Wildman–Crippen LogP) is 8.43. The Balaban J connectivity index is 1.69. The highest BCUT2D eigenvalue weighted by Crippen LogP contribution is 2.37. The minimum atomic E-state index is -0.598. The molecular weight excluding hydrogens is 550 g/mol. The van der Waals surface area contributed by atoms with E-state index in [-0.39, 0.29) is 11.9 Å². The molecule has 6 nitrogen and oxygen atoms in total. The Hall–Kier alpha value is -3.90. The molecule has 0 amide bonds. The average Bonchev–Trinajstić information content (AvgIpc) is 3.50. The number of hydrogen-bond donors (Lipinski definition) is 0. The number of benzene rings is 3. The van der Waals surface area contributed by atoms with Gasteiger partial charge < -0.3 is 14.2 Å². The number of carbonyl (C=O) groups is 2. The van der Waals surface area contributed by atoms with Crippen molar-refractivity contribution >= 4 is 23.1 Å². The summed E-state index contributed by atoms with van der Waals surface area (Å²) in [5, 5.41) is 0. The fourth-order valence-corrected chi connectivity index (χ4v) is 5.01. The van der Waals surface area contributed by atoms with Crippen molar-refractivity contribution in [3.8, 4) is 17.2 Å². The lowest BCUT2D eigenvalue weighted by Gasteiger charge is -2.20. The van der Waals surface area contributed by atoms with Gasteiger partial charge in [0.1, 0.15) is 23.9 Å². The van der Waals surface area contributed by atoms with Gasteiger partial charge in [0, 0.05) is 6.54 Å². The maximum absolute atomic E-state index is 12.5. The van der Waals surface area contributed by atoms with Crippen LogP contribution in [0.3, 0.4) is 0 Å². The first-order chi connectivity index (χ1) is 20.8. The van der Waals surface area contributed by atoms with Gasteiger partial charge in [0.2, 0.25) is 0 Å². The highest BCUT2D eigenvalue weighted by atomic mass is 16.5. The molecule has 234 valence electrons. The molecule has 0 atom stereocenters. The van der Waals surface area contributed by atoms with Crippen LogP contribution in [0.15, 0.2) is 72.8 Å². The zero-order chi connectivity index (χ0) is 31.9. The fourth-order valence-electron chi connectivity index (χ4n) is 5.01. The minimum absolute atomic E-state index is 0.280. The summed E-state index contributed by atoms with van der Waals surface area (Å²) in [5.41, 5.74) is 4.04. The molecule has 1 heterocycles. The molecule has 3 aromatic rings. The second kappa shape index (κ2) is 14.3. The van der Waals surface area contributed by atoms with Crippen molar-refractivity contribution in [2.75, 3.05) is 26.2 Å². The third kappa shape index (κ3) is 8.82. The smallest absolute Gasteiger partial charge is 0.316 e. The van der Waals surface area contributed by atoms with E-state index in [0.717, 1.165) is 59.6 Å². The van der Waals surface area contributed by atoms with Crippen molar-refractivity contribution in [2.45, 2.75) is 67.7 Å². The molecular formula is C38H47NO5. The lowest BCUT2D eigenvalue weighted by Crippen LogP contribution is -2.25. The number of nitrogens with zero attached hydrogens (tertiary/aromatic N) is 1. The molecule has 3 aromatic carbocycles. The van der Waals surface area contributed by atoms with Crippen molar-refractivity contribution in [3.05, 3.63) is 89.5 Å². The molecule has 6 heteroatoms. The van der Waals surface area contributed by atoms with E-state index >= 15 is 0 Å². The number of esters is 2. The van der Waals surface area contributed by atoms with Crippen LogP contribution in [0.5, 0.6) is 17.2 Å². The SMILES string of the molecule is CCC(=C(c1ccc(OC(=O)C(C)(C)C)cc1)c1ccc(OC(=O)C(C)(C)C)cc1)c1cccc(OCCN2CCCC2)c1. The van der Waals surface area contributed by atoms with E-state index < -0.39 is 10.8 Å². The van der Waals surface area contributed by atoms with Gasteiger partial charge in [-0.05, 0) is 138 Å². The molecule has 0 saturated carbocycles. The summed E-state index contributed by atoms with van der Waals surface area (Å²) in [5.74, 6) is 1.29. The van der Waals surface area contributed by atoms with Crippen molar-refractivity contribution in [2.24, 2.45) is 10.8 Å². The van der Waals surface area contributed by atoms with Crippen molar-refractivity contribution in [3.63, 3.8) is 0 Å². The Morgan fingerprint density at radius 2 is 1.18 bits per heavy atom. The third-order valence-electron chi connectivity index (χ3n) is 7.64. The molecule has 0 bridgehead atoms. The number of hydrogen-bond acceptors (Lipinski definition) is 6. The first kappa shape index (κ1) is 33.0. The average molecular weight is 598 g/mol. The van der Waals surface area contributed by atoms with E-state index in [1.165, 1.54) is 12.8 Å². The van der Waals surface area contributed by atoms with Crippen LogP contribution in [-0.4, -0.2) is 43.1 Å². The summed E-state index contributed by atoms with van der Waals surface area (Å²) >= 11 is 0. The molecule has 0 N–H and O–H groups in total. The number of ether oxygens (including phenoxy) is 3. The van der Waals surface area contributed by atoms with Crippen molar-refractivity contribution in [1.82, 2.24) is 4.90 Å². The molecule has 0 spiro atoms. The van der Waals surface area contributed by atoms with Gasteiger partial charge in [-0.3, -0.25) is 14.5 Å². The van der Waals surface area contributed by atoms with Gasteiger partial charge in [-0.1, -0.05) is 43.3 Å². The standard InChI is InChI=1S/C38H47NO5/c1-8-33(29-12-11-13-32(26-29)42-25-24-39-22-9-10-23-39)34(27-14-18-30(19-15-27)43-35(40)37(2,3)4)28-16-20-31(21-17-28)44-36(41)38(5,6)7/h11-21,26H,8-10,22-25H2,1-7H3. The van der Waals surface area contributed by atoms with Crippen LogP contribution in [0.2, 0.25) is 0 Å². The Bertz CT molecular complexity index is 1380. The Labute approximate surface area is 263 Å². The third-order valence-corrected chi connectivity index (χ3v) is 7.64. The topological polar surface area (TPSA) is 65.1 Å². The zero-order valence-corrected chi connectivity index (χ0v) is 27.4. The van der Waals surface area contributed by atoms with E-state index in [4.69, 9.17) is 14.2 Å². The highest BCUT2D eigenvalue weighted by molar-refractivity contribution is 5.99. The van der Waals surface area contributed by atoms with Gasteiger partial charge in [-0.25, -0.2) is 0 Å². The Kier molecular flexibility index (Phi) is 10.7. The van der Waals surface area contributed by atoms with Gasteiger partial charge in [0.25, 0.3) is 0 Å². The van der Waals surface area contributed by atoms with Crippen molar-refractivity contribution in [1.29, 1.82) is 0 Å². The van der Waals surface area contributed by atoms with Crippen LogP contribution in [0.1, 0.15) is 84.4 Å². The predicted molar refractivity (Wildman–Crippen MR) is 177 cm³/mol. The van der Waals surface area contributed by atoms with E-state index in [9.17, 15) is 9.59 Å². The molecule has 1 aliphatic heterocycles. The molecule has 1 saturated heterocycles. The second-order valence-corrected chi connectivity index (χ2v) is 13.5. The summed E-state index contributed by atoms with van der Waals surface area (Å²) in [6.07, 6.45) is 3.31. The maximum atomic E-state index is 12.5. The van der Waals surface area contributed by atoms with Crippen LogP contribution in [0.25, 0.3) is 11.1 Å². The van der Waals surface area contributed by atoms with E-state index in [1.807, 2.05) is 102 Å². The van der Waals surface area contributed by atoms with Gasteiger partial charge in [-0.2, -0.15) is 0 Å². The van der Waals surface area contributed by atoms with Crippen LogP contribution in [-0.2, 0) is 9.59 Å². The summed E-state index contributed by atoms with van der Waals surface area (Å²) in [4.78, 5) is 27.4. The molecule has 0 unspecified atom stereocenters. The molecule has 0 aromatic heterocycles. The second-order valence-electron chi connectivity index (χ2n) is 13.5. The van der Waals surface area contributed by atoms with Crippen LogP contribution >= 0.6 is 0 Å². The van der Waals surface area contributed by atoms with Crippen molar-refractivity contribution < 1.29 is 23.8 Å². The summed E-state index contributed by atoms with van der Waals surface area (Å²) in [6.45, 7) is 17.1. The summed E-state index contributed by atoms with van der Waals surface area (Å²) in [6, 6.07) is 23.6. The molecule has 0 radical (unpaired) electrons. The Morgan fingerprint density at radius 3 is 1.64 bits per heavy atom. The quantitative estimate of drug-likeness (QED) is 0.133. The number of carbonyl (C=O) groups excluding carboxylic acids is 2. The van der Waals surface area contributed by atoms with E-state index in [2.05, 4.69) is 24.0 Å². The van der Waals surface area contributed by atoms with E-state index in [0.29, 0.717) is 18.1 Å². The van der Waals surface area contributed by atoms with Gasteiger partial charge in [-0.15, -0.1) is 0 Å². The number of rotatable bonds is 10. The van der Waals surface area contributed by atoms with Gasteiger partial charge in [0.05, 0.1) is 10.8 Å². The maximum Gasteiger partial charge on any atom is 0.316 e. The molecule has 4 rings (SSSR count). The first-order valence-electron chi connectivity index (χ1n) is 15.7. The van der Waals surface area contributed by atoms with Crippen LogP contribution in [0, 0.1) is 10.8 Å². The fraction of sp³-hybridized carbons (Fsp3) is 0.421. The number of likely N-dealkylation sites (tertiary alicyclic amines) is 1. The molecule has 0 aliphatic carbocycles. The summed E-state index contributed by atoms with van der Waals surface area (Å²) in [7, 11) is 0. The lowest BCUT2D eigenvalue weighted by atomic mass is 9.88. The molecule has 1 fully saturated rings. The largest absolute Gasteiger partial charge is 0.492 e.